The number of ketones is 1. The Morgan fingerprint density at radius 3 is 2.17 bits per heavy atom. The van der Waals surface area contributed by atoms with Gasteiger partial charge >= 0.3 is 0 Å². The first kappa shape index (κ1) is 15.2. The molecule has 0 aliphatic heterocycles. The van der Waals surface area contributed by atoms with Crippen LogP contribution in [0.3, 0.4) is 0 Å². The number of carbonyl (C=O) groups excluding carboxylic acids is 1. The molecule has 1 heterocycles. The Balaban J connectivity index is 2.09. The molecule has 23 heavy (non-hydrogen) atoms. The Morgan fingerprint density at radius 2 is 1.61 bits per heavy atom. The van der Waals surface area contributed by atoms with Crippen molar-refractivity contribution in [1.82, 2.24) is 4.98 Å². The number of benzene rings is 2. The highest BCUT2D eigenvalue weighted by Crippen LogP contribution is 2.34. The van der Waals surface area contributed by atoms with Crippen molar-refractivity contribution in [3.63, 3.8) is 0 Å². The van der Waals surface area contributed by atoms with Gasteiger partial charge in [-0.2, -0.15) is 0 Å². The van der Waals surface area contributed by atoms with Gasteiger partial charge in [0, 0.05) is 17.5 Å². The summed E-state index contributed by atoms with van der Waals surface area (Å²) in [4.78, 5) is 15.7. The molecule has 3 rings (SSSR count). The van der Waals surface area contributed by atoms with Crippen molar-refractivity contribution >= 4 is 5.78 Å². The minimum absolute atomic E-state index is 0.0109. The van der Waals surface area contributed by atoms with Crippen molar-refractivity contribution in [1.29, 1.82) is 0 Å². The van der Waals surface area contributed by atoms with Crippen molar-refractivity contribution in [3.05, 3.63) is 66.6 Å². The maximum atomic E-state index is 11.2. The fourth-order valence-corrected chi connectivity index (χ4v) is 2.42. The number of oxazole rings is 1. The van der Waals surface area contributed by atoms with Gasteiger partial charge in [-0.15, -0.1) is 0 Å². The lowest BCUT2D eigenvalue weighted by molar-refractivity contribution is -0.119. The van der Waals surface area contributed by atoms with Crippen LogP contribution in [-0.4, -0.2) is 15.9 Å². The minimum atomic E-state index is -1.03. The number of nitrogens with zero attached hydrogens (tertiary/aromatic N) is 1. The lowest BCUT2D eigenvalue weighted by Gasteiger charge is -2.02. The van der Waals surface area contributed by atoms with E-state index in [4.69, 9.17) is 4.42 Å². The van der Waals surface area contributed by atoms with E-state index in [0.29, 0.717) is 11.5 Å². The number of aromatic nitrogens is 1. The first-order valence-corrected chi connectivity index (χ1v) is 7.44. The fraction of sp³-hybridized carbons (Fsp3) is 0.158. The van der Waals surface area contributed by atoms with E-state index in [2.05, 4.69) is 4.98 Å². The average molecular weight is 307 g/mol. The molecule has 1 atom stereocenters. The highest BCUT2D eigenvalue weighted by Gasteiger charge is 2.22. The molecular formula is C19H17NO3. The van der Waals surface area contributed by atoms with Gasteiger partial charge in [-0.25, -0.2) is 4.98 Å². The maximum absolute atomic E-state index is 11.2. The fourth-order valence-electron chi connectivity index (χ4n) is 2.42. The number of aliphatic hydroxyl groups is 1. The van der Waals surface area contributed by atoms with Gasteiger partial charge < -0.3 is 9.52 Å². The van der Waals surface area contributed by atoms with Crippen molar-refractivity contribution in [2.45, 2.75) is 19.4 Å². The molecule has 4 nitrogen and oxygen atoms in total. The molecule has 0 aliphatic carbocycles. The van der Waals surface area contributed by atoms with Crippen molar-refractivity contribution < 1.29 is 14.3 Å². The van der Waals surface area contributed by atoms with Gasteiger partial charge in [0.1, 0.15) is 17.6 Å². The van der Waals surface area contributed by atoms with Gasteiger partial charge in [0.25, 0.3) is 0 Å². The van der Waals surface area contributed by atoms with Crippen LogP contribution in [0.4, 0.5) is 0 Å². The SMILES string of the molecule is CC(=O)CC(O)c1nc(-c2ccccc2)c(-c2ccccc2)o1. The van der Waals surface area contributed by atoms with Crippen LogP contribution in [-0.2, 0) is 4.79 Å². The Morgan fingerprint density at radius 1 is 1.04 bits per heavy atom. The summed E-state index contributed by atoms with van der Waals surface area (Å²) in [6.07, 6.45) is -1.05. The molecule has 0 radical (unpaired) electrons. The summed E-state index contributed by atoms with van der Waals surface area (Å²) in [5.74, 6) is 0.644. The highest BCUT2D eigenvalue weighted by atomic mass is 16.4. The molecule has 0 spiro atoms. The Hall–Kier alpha value is -2.72. The predicted octanol–water partition coefficient (Wildman–Crippen LogP) is 4.02. The second kappa shape index (κ2) is 6.58. The summed E-state index contributed by atoms with van der Waals surface area (Å²) in [5.41, 5.74) is 2.44. The molecule has 0 fully saturated rings. The molecule has 2 aromatic carbocycles. The van der Waals surface area contributed by atoms with E-state index in [-0.39, 0.29) is 18.1 Å². The maximum Gasteiger partial charge on any atom is 0.224 e. The summed E-state index contributed by atoms with van der Waals surface area (Å²) in [6.45, 7) is 1.43. The van der Waals surface area contributed by atoms with Crippen LogP contribution in [0.5, 0.6) is 0 Å². The molecule has 0 saturated carbocycles. The minimum Gasteiger partial charge on any atom is -0.437 e. The van der Waals surface area contributed by atoms with Crippen molar-refractivity contribution in [2.75, 3.05) is 0 Å². The standard InChI is InChI=1S/C19H17NO3/c1-13(21)12-16(22)19-20-17(14-8-4-2-5-9-14)18(23-19)15-10-6-3-7-11-15/h2-11,16,22H,12H2,1H3. The summed E-state index contributed by atoms with van der Waals surface area (Å²) in [5, 5.41) is 10.1. The number of aliphatic hydroxyl groups excluding tert-OH is 1. The quantitative estimate of drug-likeness (QED) is 0.773. The molecule has 3 aromatic rings. The molecular weight excluding hydrogens is 290 g/mol. The van der Waals surface area contributed by atoms with Gasteiger partial charge in [0.2, 0.25) is 5.89 Å². The smallest absolute Gasteiger partial charge is 0.224 e. The molecule has 1 aromatic heterocycles. The summed E-state index contributed by atoms with van der Waals surface area (Å²) in [7, 11) is 0. The van der Waals surface area contributed by atoms with Gasteiger partial charge in [-0.1, -0.05) is 60.7 Å². The van der Waals surface area contributed by atoms with E-state index in [1.807, 2.05) is 60.7 Å². The largest absolute Gasteiger partial charge is 0.437 e. The number of Topliss-reactive ketones (excluding diaryl/α,β-unsaturated/α-hetero) is 1. The summed E-state index contributed by atoms with van der Waals surface area (Å²) < 4.78 is 5.80. The highest BCUT2D eigenvalue weighted by molar-refractivity contribution is 5.78. The van der Waals surface area contributed by atoms with Crippen LogP contribution < -0.4 is 0 Å². The molecule has 1 N–H and O–H groups in total. The van der Waals surface area contributed by atoms with E-state index in [1.165, 1.54) is 6.92 Å². The van der Waals surface area contributed by atoms with Crippen LogP contribution in [0.1, 0.15) is 25.3 Å². The van der Waals surface area contributed by atoms with Crippen LogP contribution >= 0.6 is 0 Å². The lowest BCUT2D eigenvalue weighted by atomic mass is 10.1. The third-order valence-electron chi connectivity index (χ3n) is 3.49. The van der Waals surface area contributed by atoms with Gasteiger partial charge in [0.15, 0.2) is 5.76 Å². The van der Waals surface area contributed by atoms with Crippen LogP contribution in [0, 0.1) is 0 Å². The number of carbonyl (C=O) groups is 1. The Bertz CT molecular complexity index is 737. The molecule has 0 saturated heterocycles. The first-order chi connectivity index (χ1) is 11.1. The second-order valence-corrected chi connectivity index (χ2v) is 5.38. The first-order valence-electron chi connectivity index (χ1n) is 7.44. The summed E-state index contributed by atoms with van der Waals surface area (Å²) in [6, 6.07) is 19.2. The third-order valence-corrected chi connectivity index (χ3v) is 3.49. The van der Waals surface area contributed by atoms with Crippen molar-refractivity contribution in [3.8, 4) is 22.6 Å². The van der Waals surface area contributed by atoms with E-state index in [9.17, 15) is 9.90 Å². The topological polar surface area (TPSA) is 63.3 Å². The van der Waals surface area contributed by atoms with E-state index in [1.54, 1.807) is 0 Å². The lowest BCUT2D eigenvalue weighted by Crippen LogP contribution is -2.03. The molecule has 116 valence electrons. The number of rotatable bonds is 5. The van der Waals surface area contributed by atoms with Gasteiger partial charge in [-0.05, 0) is 6.92 Å². The average Bonchev–Trinajstić information content (AvgIpc) is 3.01. The van der Waals surface area contributed by atoms with Crippen molar-refractivity contribution in [2.24, 2.45) is 0 Å². The van der Waals surface area contributed by atoms with Gasteiger partial charge in [0.05, 0.1) is 0 Å². The molecule has 0 bridgehead atoms. The molecule has 0 aliphatic rings. The summed E-state index contributed by atoms with van der Waals surface area (Å²) >= 11 is 0. The zero-order valence-electron chi connectivity index (χ0n) is 12.8. The predicted molar refractivity (Wildman–Crippen MR) is 87.6 cm³/mol. The zero-order chi connectivity index (χ0) is 16.2. The zero-order valence-corrected chi connectivity index (χ0v) is 12.8. The van der Waals surface area contributed by atoms with E-state index < -0.39 is 6.10 Å². The number of hydrogen-bond acceptors (Lipinski definition) is 4. The Labute approximate surface area is 134 Å². The van der Waals surface area contributed by atoms with Crippen LogP contribution in [0.15, 0.2) is 65.1 Å². The van der Waals surface area contributed by atoms with Gasteiger partial charge in [-0.3, -0.25) is 4.79 Å². The third kappa shape index (κ3) is 3.38. The van der Waals surface area contributed by atoms with Crippen LogP contribution in [0.2, 0.25) is 0 Å². The van der Waals surface area contributed by atoms with Crippen LogP contribution in [0.25, 0.3) is 22.6 Å². The normalized spacial score (nSPS) is 12.1. The molecule has 0 amide bonds. The molecule has 4 heteroatoms. The second-order valence-electron chi connectivity index (χ2n) is 5.38. The number of hydrogen-bond donors (Lipinski definition) is 1. The van der Waals surface area contributed by atoms with E-state index in [0.717, 1.165) is 11.1 Å². The monoisotopic (exact) mass is 307 g/mol. The molecule has 1 unspecified atom stereocenters. The Kier molecular flexibility index (Phi) is 4.35. The van der Waals surface area contributed by atoms with E-state index >= 15 is 0 Å².